The molecule has 0 saturated carbocycles. The van der Waals surface area contributed by atoms with E-state index < -0.39 is 212 Å². The van der Waals surface area contributed by atoms with Crippen LogP contribution in [0.25, 0.3) is 77.6 Å². The number of aromatic nitrogens is 3. The second kappa shape index (κ2) is 13.8. The van der Waals surface area contributed by atoms with Crippen LogP contribution >= 0.6 is 0 Å². The van der Waals surface area contributed by atoms with Gasteiger partial charge in [-0.3, -0.25) is 0 Å². The molecule has 55 heavy (non-hydrogen) atoms. The minimum Gasteiger partial charge on any atom is -0.310 e. The Morgan fingerprint density at radius 2 is 1.16 bits per heavy atom. The lowest BCUT2D eigenvalue weighted by Crippen LogP contribution is -2.10. The number of para-hydroxylation sites is 3. The number of hydrogen-bond acceptors (Lipinski definition) is 4. The molecule has 10 rings (SSSR count). The average Bonchev–Trinajstić information content (AvgIpc) is 3.45. The molecule has 0 bridgehead atoms. The molecule has 0 aliphatic rings. The number of anilines is 3. The molecule has 4 heteroatoms. The first kappa shape index (κ1) is 15.1. The zero-order chi connectivity index (χ0) is 59.2. The molecule has 8 aromatic carbocycles. The molecule has 0 amide bonds. The molecule has 0 saturated heterocycles. The Morgan fingerprint density at radius 1 is 0.436 bits per heavy atom. The van der Waals surface area contributed by atoms with Gasteiger partial charge in [-0.1, -0.05) is 157 Å². The van der Waals surface area contributed by atoms with E-state index in [2.05, 4.69) is 9.97 Å². The van der Waals surface area contributed by atoms with Crippen molar-refractivity contribution >= 4 is 49.5 Å². The fraction of sp³-hybridized carbons (Fsp3) is 0. The predicted octanol–water partition coefficient (Wildman–Crippen LogP) is 13.5. The van der Waals surface area contributed by atoms with Crippen molar-refractivity contribution in [3.05, 3.63) is 206 Å². The summed E-state index contributed by atoms with van der Waals surface area (Å²) in [5, 5.41) is -1.78. The molecule has 0 aliphatic heterocycles. The molecule has 0 spiro atoms. The quantitative estimate of drug-likeness (QED) is 0.153. The lowest BCUT2D eigenvalue weighted by molar-refractivity contribution is 1.18. The largest absolute Gasteiger partial charge is 0.310 e. The third-order valence-electron chi connectivity index (χ3n) is 8.42. The molecule has 2 heterocycles. The lowest BCUT2D eigenvalue weighted by atomic mass is 9.93. The normalized spacial score (nSPS) is 17.9. The molecule has 0 fully saturated rings. The molecule has 258 valence electrons. The van der Waals surface area contributed by atoms with Gasteiger partial charge in [-0.05, 0) is 53.7 Å². The molecule has 0 radical (unpaired) electrons. The van der Waals surface area contributed by atoms with Gasteiger partial charge in [-0.25, -0.2) is 15.0 Å². The topological polar surface area (TPSA) is 41.9 Å². The van der Waals surface area contributed by atoms with Crippen LogP contribution in [-0.4, -0.2) is 15.0 Å². The van der Waals surface area contributed by atoms with Crippen molar-refractivity contribution in [3.8, 4) is 45.2 Å². The molecule has 0 atom stereocenters. The van der Waals surface area contributed by atoms with Crippen LogP contribution in [0.2, 0.25) is 0 Å². The summed E-state index contributed by atoms with van der Waals surface area (Å²) in [4.78, 5) is 14.4. The van der Waals surface area contributed by atoms with Crippen molar-refractivity contribution < 1.29 is 35.6 Å². The first-order valence-corrected chi connectivity index (χ1v) is 16.4. The van der Waals surface area contributed by atoms with Crippen molar-refractivity contribution in [2.24, 2.45) is 0 Å². The van der Waals surface area contributed by atoms with Crippen molar-refractivity contribution in [2.45, 2.75) is 0 Å². The number of fused-ring (bicyclic) bond motifs is 5. The van der Waals surface area contributed by atoms with Gasteiger partial charge >= 0.3 is 0 Å². The van der Waals surface area contributed by atoms with Gasteiger partial charge < -0.3 is 4.90 Å². The number of benzene rings is 8. The van der Waals surface area contributed by atoms with E-state index in [4.69, 9.17) is 24.2 Å². The molecule has 4 nitrogen and oxygen atoms in total. The number of rotatable bonds is 7. The summed E-state index contributed by atoms with van der Waals surface area (Å²) < 4.78 is 233. The smallest absolute Gasteiger partial charge is 0.160 e. The Bertz CT molecular complexity index is 4380. The Morgan fingerprint density at radius 3 is 2.00 bits per heavy atom. The molecular formula is C51H34N4. The maximum Gasteiger partial charge on any atom is 0.160 e. The van der Waals surface area contributed by atoms with Crippen LogP contribution in [0.1, 0.15) is 35.6 Å². The highest BCUT2D eigenvalue weighted by atomic mass is 15.1. The first-order valence-electron chi connectivity index (χ1n) is 29.4. The molecule has 10 aromatic rings. The van der Waals surface area contributed by atoms with Crippen LogP contribution < -0.4 is 4.90 Å². The van der Waals surface area contributed by atoms with Crippen molar-refractivity contribution in [2.75, 3.05) is 4.90 Å². The summed E-state index contributed by atoms with van der Waals surface area (Å²) in [5.74, 6) is -0.544. The van der Waals surface area contributed by atoms with Gasteiger partial charge in [-0.2, -0.15) is 0 Å². The Hall–Kier alpha value is -7.43. The number of pyridine rings is 1. The fourth-order valence-electron chi connectivity index (χ4n) is 6.10. The van der Waals surface area contributed by atoms with Gasteiger partial charge in [0.2, 0.25) is 0 Å². The lowest BCUT2D eigenvalue weighted by Gasteiger charge is -2.27. The van der Waals surface area contributed by atoms with Crippen molar-refractivity contribution in [3.63, 3.8) is 0 Å². The fourth-order valence-corrected chi connectivity index (χ4v) is 6.10. The van der Waals surface area contributed by atoms with Gasteiger partial charge in [0.25, 0.3) is 0 Å². The maximum atomic E-state index is 9.71. The summed E-state index contributed by atoms with van der Waals surface area (Å²) in [6.07, 6.45) is 0. The van der Waals surface area contributed by atoms with Crippen LogP contribution in [0.5, 0.6) is 0 Å². The minimum atomic E-state index is -1.01. The Kier molecular flexibility index (Phi) is 3.81. The monoisotopic (exact) mass is 728 g/mol. The highest BCUT2D eigenvalue weighted by Gasteiger charge is 2.20. The zero-order valence-corrected chi connectivity index (χ0v) is 27.9. The van der Waals surface area contributed by atoms with Crippen LogP contribution in [0.4, 0.5) is 17.1 Å². The second-order valence-corrected chi connectivity index (χ2v) is 11.6. The van der Waals surface area contributed by atoms with E-state index in [0.717, 1.165) is 30.3 Å². The van der Waals surface area contributed by atoms with E-state index >= 15 is 0 Å². The third-order valence-corrected chi connectivity index (χ3v) is 8.42. The Balaban J connectivity index is 1.42. The van der Waals surface area contributed by atoms with Crippen LogP contribution in [-0.2, 0) is 0 Å². The summed E-state index contributed by atoms with van der Waals surface area (Å²) in [5.41, 5.74) is -5.72. The Labute approximate surface area is 356 Å². The molecule has 0 aliphatic carbocycles. The number of hydrogen-bond donors (Lipinski definition) is 0. The maximum absolute atomic E-state index is 9.71. The van der Waals surface area contributed by atoms with E-state index in [0.29, 0.717) is 4.90 Å². The van der Waals surface area contributed by atoms with Crippen LogP contribution in [0.15, 0.2) is 206 Å². The van der Waals surface area contributed by atoms with Crippen molar-refractivity contribution in [1.29, 1.82) is 0 Å². The second-order valence-electron chi connectivity index (χ2n) is 11.6. The molecule has 2 aromatic heterocycles. The van der Waals surface area contributed by atoms with E-state index in [1.54, 1.807) is 0 Å². The summed E-state index contributed by atoms with van der Waals surface area (Å²) in [6.45, 7) is 0. The van der Waals surface area contributed by atoms with E-state index in [1.807, 2.05) is 0 Å². The van der Waals surface area contributed by atoms with Crippen LogP contribution in [0.3, 0.4) is 0 Å². The summed E-state index contributed by atoms with van der Waals surface area (Å²) >= 11 is 0. The van der Waals surface area contributed by atoms with E-state index in [1.165, 1.54) is 18.2 Å². The minimum absolute atomic E-state index is 0.186. The SMILES string of the molecule is [2H]c1ccc(-c2nc(-c3cc(-c4nc5c([2H])cc([2H])c([2H])c5c5c4c([2H])cc4cc([2H])c([2H])c(N(c6c([2H])c([2H])c([2H])c([2H])c6[2H])c6c([2H])c([2H])c([2H])c([2H])c6[2H])c45)c([2H])c([2H])c3[2H])nc(-c3c([2H])ccc([2H])c3[2H])c2[2H])c([2H])c1[2H]. The van der Waals surface area contributed by atoms with Gasteiger partial charge in [0.05, 0.1) is 63.9 Å². The standard InChI is InChI=1S/C51H34N4/c1-5-17-35(18-6-1)45-34-46(36-19-7-2-8-20-36)54-51(53-45)39-23-15-22-38(33-39)50-43-32-31-37-21-16-30-47(48(37)49(43)42-28-13-14-29-44(42)52-50)55(40-24-9-3-10-25-40)41-26-11-4-12-27-41/h1-34H/i1D,3D,4D,5D,7D,9D,10D,11D,12D,13D,15D,16D,17D,19D,20D,22D,23D,24D,25D,26D,27D,28D,29D,30D,32D,34D. The zero-order valence-electron chi connectivity index (χ0n) is 53.9. The highest BCUT2D eigenvalue weighted by Crippen LogP contribution is 2.45. The van der Waals surface area contributed by atoms with Gasteiger partial charge in [0.1, 0.15) is 0 Å². The van der Waals surface area contributed by atoms with Crippen molar-refractivity contribution in [1.82, 2.24) is 15.0 Å². The van der Waals surface area contributed by atoms with Gasteiger partial charge in [0.15, 0.2) is 5.82 Å². The third kappa shape index (κ3) is 5.96. The van der Waals surface area contributed by atoms with Gasteiger partial charge in [0, 0.05) is 55.2 Å². The summed E-state index contributed by atoms with van der Waals surface area (Å²) in [6, 6.07) is -10.5. The molecule has 0 unspecified atom stereocenters. The highest BCUT2D eigenvalue weighted by molar-refractivity contribution is 6.26. The van der Waals surface area contributed by atoms with Gasteiger partial charge in [-0.15, -0.1) is 0 Å². The summed E-state index contributed by atoms with van der Waals surface area (Å²) in [7, 11) is 0. The predicted molar refractivity (Wildman–Crippen MR) is 229 cm³/mol. The first-order chi connectivity index (χ1) is 38.0. The molecular weight excluding hydrogens is 669 g/mol. The average molecular weight is 729 g/mol. The number of nitrogens with zero attached hydrogens (tertiary/aromatic N) is 4. The van der Waals surface area contributed by atoms with Crippen LogP contribution in [0, 0.1) is 0 Å². The van der Waals surface area contributed by atoms with E-state index in [-0.39, 0.29) is 40.0 Å². The molecule has 0 N–H and O–H groups in total. The van der Waals surface area contributed by atoms with E-state index in [9.17, 15) is 16.4 Å².